The number of ketones is 1. The number of ether oxygens (including phenoxy) is 1. The molecule has 1 aromatic carbocycles. The van der Waals surface area contributed by atoms with Crippen LogP contribution in [0, 0.1) is 11.8 Å². The fourth-order valence-electron chi connectivity index (χ4n) is 3.89. The van der Waals surface area contributed by atoms with E-state index < -0.39 is 47.3 Å². The predicted octanol–water partition coefficient (Wildman–Crippen LogP) is 6.29. The molecule has 0 bridgehead atoms. The van der Waals surface area contributed by atoms with Gasteiger partial charge in [0.1, 0.15) is 17.1 Å². The van der Waals surface area contributed by atoms with E-state index in [-0.39, 0.29) is 24.0 Å². The molecule has 0 aliphatic carbocycles. The van der Waals surface area contributed by atoms with Crippen LogP contribution in [0.3, 0.4) is 0 Å². The van der Waals surface area contributed by atoms with Gasteiger partial charge in [-0.05, 0) is 42.7 Å². The standard InChI is InChI=1S/C28H34F3NO6/c1-17(7-5-6-14-32-27(36)37-4)23-16-22(33)24(26(35)38-23)25(34)19(3)18(2)15-21-10-8-20(9-11-21)12-13-28(29,30)31/h6,8-11,14,16-19,33H,5,7,12-13,15H2,1-4H3,(H,32,36)/b14-6+. The van der Waals surface area contributed by atoms with Crippen molar-refractivity contribution < 1.29 is 37.0 Å². The molecule has 3 unspecified atom stereocenters. The molecule has 2 N–H and O–H groups in total. The van der Waals surface area contributed by atoms with E-state index in [0.717, 1.165) is 5.56 Å². The minimum Gasteiger partial charge on any atom is -0.507 e. The second kappa shape index (κ2) is 13.8. The van der Waals surface area contributed by atoms with E-state index in [1.807, 2.05) is 6.92 Å². The van der Waals surface area contributed by atoms with E-state index in [2.05, 4.69) is 10.1 Å². The van der Waals surface area contributed by atoms with Crippen molar-refractivity contribution in [2.45, 2.75) is 65.0 Å². The molecule has 2 rings (SSSR count). The molecule has 1 heterocycles. The van der Waals surface area contributed by atoms with Crippen molar-refractivity contribution in [2.75, 3.05) is 7.11 Å². The zero-order valence-corrected chi connectivity index (χ0v) is 21.9. The SMILES string of the molecule is COC(=O)N/C=C/CCC(C)c1cc(O)c(C(=O)C(C)C(C)Cc2ccc(CCC(F)(F)F)cc2)c(=O)o1. The molecule has 0 aliphatic heterocycles. The monoisotopic (exact) mass is 537 g/mol. The van der Waals surface area contributed by atoms with E-state index in [0.29, 0.717) is 24.8 Å². The second-order valence-electron chi connectivity index (χ2n) is 9.48. The van der Waals surface area contributed by atoms with Gasteiger partial charge in [0.15, 0.2) is 5.78 Å². The van der Waals surface area contributed by atoms with Crippen molar-refractivity contribution in [3.05, 3.63) is 75.5 Å². The molecule has 0 radical (unpaired) electrons. The maximum Gasteiger partial charge on any atom is 0.410 e. The highest BCUT2D eigenvalue weighted by Crippen LogP contribution is 2.28. The molecule has 10 heteroatoms. The fraction of sp³-hybridized carbons (Fsp3) is 0.464. The van der Waals surface area contributed by atoms with Crippen LogP contribution < -0.4 is 10.9 Å². The van der Waals surface area contributed by atoms with E-state index in [1.54, 1.807) is 44.2 Å². The van der Waals surface area contributed by atoms with Gasteiger partial charge in [-0.3, -0.25) is 10.1 Å². The number of carbonyl (C=O) groups excluding carboxylic acids is 2. The van der Waals surface area contributed by atoms with Crippen molar-refractivity contribution in [1.29, 1.82) is 0 Å². The van der Waals surface area contributed by atoms with Crippen LogP contribution >= 0.6 is 0 Å². The van der Waals surface area contributed by atoms with Crippen molar-refractivity contribution in [3.63, 3.8) is 0 Å². The first kappa shape index (κ1) is 30.7. The van der Waals surface area contributed by atoms with E-state index in [1.165, 1.54) is 19.4 Å². The number of carbonyl (C=O) groups is 2. The highest BCUT2D eigenvalue weighted by atomic mass is 19.4. The lowest BCUT2D eigenvalue weighted by Crippen LogP contribution is -2.26. The normalized spacial score (nSPS) is 14.2. The highest BCUT2D eigenvalue weighted by molar-refractivity contribution is 5.99. The van der Waals surface area contributed by atoms with E-state index in [4.69, 9.17) is 4.42 Å². The third-order valence-electron chi connectivity index (χ3n) is 6.50. The molecule has 0 saturated heterocycles. The Morgan fingerprint density at radius 2 is 1.76 bits per heavy atom. The third-order valence-corrected chi connectivity index (χ3v) is 6.50. The molecule has 0 aliphatic rings. The number of amides is 1. The first-order chi connectivity index (χ1) is 17.8. The highest BCUT2D eigenvalue weighted by Gasteiger charge is 2.29. The minimum absolute atomic E-state index is 0.0960. The molecule has 208 valence electrons. The van der Waals surface area contributed by atoms with Crippen LogP contribution in [0.4, 0.5) is 18.0 Å². The minimum atomic E-state index is -4.21. The Hall–Kier alpha value is -3.56. The lowest BCUT2D eigenvalue weighted by molar-refractivity contribution is -0.134. The molecule has 2 aromatic rings. The number of alkyl carbamates (subject to hydrolysis) is 1. The van der Waals surface area contributed by atoms with Gasteiger partial charge in [0.2, 0.25) is 0 Å². The first-order valence-corrected chi connectivity index (χ1v) is 12.4. The average molecular weight is 538 g/mol. The van der Waals surface area contributed by atoms with E-state index >= 15 is 0 Å². The fourth-order valence-corrected chi connectivity index (χ4v) is 3.89. The summed E-state index contributed by atoms with van der Waals surface area (Å²) in [7, 11) is 1.25. The van der Waals surface area contributed by atoms with Gasteiger partial charge in [0.25, 0.3) is 0 Å². The summed E-state index contributed by atoms with van der Waals surface area (Å²) in [6.45, 7) is 5.30. The molecule has 1 amide bonds. The summed E-state index contributed by atoms with van der Waals surface area (Å²) >= 11 is 0. The molecular formula is C28H34F3NO6. The zero-order valence-electron chi connectivity index (χ0n) is 21.9. The van der Waals surface area contributed by atoms with Crippen LogP contribution in [0.25, 0.3) is 0 Å². The number of halogens is 3. The van der Waals surface area contributed by atoms with Crippen LogP contribution in [0.2, 0.25) is 0 Å². The Labute approximate surface area is 219 Å². The smallest absolute Gasteiger partial charge is 0.410 e. The van der Waals surface area contributed by atoms with Gasteiger partial charge >= 0.3 is 17.9 Å². The van der Waals surface area contributed by atoms with Gasteiger partial charge in [-0.2, -0.15) is 13.2 Å². The quantitative estimate of drug-likeness (QED) is 0.308. The van der Waals surface area contributed by atoms with Crippen molar-refractivity contribution in [3.8, 4) is 5.75 Å². The molecule has 0 fully saturated rings. The Bertz CT molecular complexity index is 1170. The Kier molecular flexibility index (Phi) is 11.2. The van der Waals surface area contributed by atoms with Crippen LogP contribution in [0.15, 0.2) is 51.8 Å². The van der Waals surface area contributed by atoms with Gasteiger partial charge in [0.05, 0.1) is 7.11 Å². The Balaban J connectivity index is 2.01. The molecule has 3 atom stereocenters. The Morgan fingerprint density at radius 3 is 2.34 bits per heavy atom. The van der Waals surface area contributed by atoms with Crippen LogP contribution in [-0.2, 0) is 17.6 Å². The number of hydrogen-bond acceptors (Lipinski definition) is 6. The second-order valence-corrected chi connectivity index (χ2v) is 9.48. The summed E-state index contributed by atoms with van der Waals surface area (Å²) < 4.78 is 47.1. The molecule has 0 spiro atoms. The largest absolute Gasteiger partial charge is 0.507 e. The maximum absolute atomic E-state index is 13.1. The summed E-state index contributed by atoms with van der Waals surface area (Å²) in [5, 5.41) is 12.9. The van der Waals surface area contributed by atoms with Gasteiger partial charge in [-0.25, -0.2) is 9.59 Å². The van der Waals surface area contributed by atoms with E-state index in [9.17, 15) is 32.7 Å². The zero-order chi connectivity index (χ0) is 28.5. The number of allylic oxidation sites excluding steroid dienone is 1. The summed E-state index contributed by atoms with van der Waals surface area (Å²) in [5.41, 5.74) is 0.121. The molecule has 0 saturated carbocycles. The summed E-state index contributed by atoms with van der Waals surface area (Å²) in [6.07, 6.45) is -1.06. The van der Waals surface area contributed by atoms with Gasteiger partial charge in [-0.15, -0.1) is 0 Å². The van der Waals surface area contributed by atoms with Gasteiger partial charge in [0, 0.05) is 30.5 Å². The number of Topliss-reactive ketones (excluding diaryl/α,β-unsaturated/α-hetero) is 1. The number of aryl methyl sites for hydroxylation is 1. The maximum atomic E-state index is 13.1. The number of aromatic hydroxyl groups is 1. The number of hydrogen-bond donors (Lipinski definition) is 2. The summed E-state index contributed by atoms with van der Waals surface area (Å²) in [6, 6.07) is 8.05. The molecule has 1 aromatic heterocycles. The molecular weight excluding hydrogens is 503 g/mol. The van der Waals surface area contributed by atoms with Gasteiger partial charge in [-0.1, -0.05) is 51.1 Å². The number of methoxy groups -OCH3 is 1. The number of alkyl halides is 3. The number of nitrogens with one attached hydrogen (secondary N) is 1. The van der Waals surface area contributed by atoms with Crippen molar-refractivity contribution in [2.24, 2.45) is 11.8 Å². The van der Waals surface area contributed by atoms with Gasteiger partial charge < -0.3 is 14.3 Å². The lowest BCUT2D eigenvalue weighted by atomic mass is 9.84. The summed E-state index contributed by atoms with van der Waals surface area (Å²) in [5.74, 6) is -1.82. The average Bonchev–Trinajstić information content (AvgIpc) is 2.86. The number of rotatable bonds is 12. The lowest BCUT2D eigenvalue weighted by Gasteiger charge is -2.19. The predicted molar refractivity (Wildman–Crippen MR) is 136 cm³/mol. The topological polar surface area (TPSA) is 106 Å². The number of benzene rings is 1. The van der Waals surface area contributed by atoms with Crippen molar-refractivity contribution >= 4 is 11.9 Å². The van der Waals surface area contributed by atoms with Crippen LogP contribution in [-0.4, -0.2) is 30.3 Å². The molecule has 7 nitrogen and oxygen atoms in total. The molecule has 38 heavy (non-hydrogen) atoms. The summed E-state index contributed by atoms with van der Waals surface area (Å²) in [4.78, 5) is 36.7. The first-order valence-electron chi connectivity index (χ1n) is 12.4. The van der Waals surface area contributed by atoms with Crippen LogP contribution in [0.1, 0.15) is 73.2 Å². The third kappa shape index (κ3) is 9.39. The Morgan fingerprint density at radius 1 is 1.13 bits per heavy atom. The van der Waals surface area contributed by atoms with Crippen molar-refractivity contribution in [1.82, 2.24) is 5.32 Å². The van der Waals surface area contributed by atoms with Crippen LogP contribution in [0.5, 0.6) is 5.75 Å².